The summed E-state index contributed by atoms with van der Waals surface area (Å²) in [6.07, 6.45) is 8.65. The van der Waals surface area contributed by atoms with Gasteiger partial charge in [0.2, 0.25) is 17.6 Å². The number of allylic oxidation sites excluding steroid dienone is 2. The second kappa shape index (κ2) is 16.0. The van der Waals surface area contributed by atoms with E-state index in [0.717, 1.165) is 38.6 Å². The molecule has 2 aromatic rings. The van der Waals surface area contributed by atoms with E-state index in [0.29, 0.717) is 53.0 Å². The molecule has 43 heavy (non-hydrogen) atoms. The van der Waals surface area contributed by atoms with Crippen molar-refractivity contribution in [3.8, 4) is 11.8 Å². The van der Waals surface area contributed by atoms with Crippen molar-refractivity contribution >= 4 is 5.76 Å². The molecular weight excluding hydrogens is 541 g/mol. The fraction of sp³-hybridized carbons (Fsp3) is 0.556. The van der Waals surface area contributed by atoms with Gasteiger partial charge in [-0.1, -0.05) is 71.4 Å². The maximum atomic E-state index is 14.8. The standard InChI is InChI=1S/C36H52FN3O3/c1-10-27(11-2)22-28(12-3)26(7)42-33-23-34(43-29-18-19-38-25(6)21-29)40-35(39-33)32(41-13-4)20-24(5)36(8,9)30-16-14-15-17-31(30)37/h12,14-17,20,23,25-29,38H,3,5,10-11,13,18-19,21-22H2,1-2,4,6-9H3/b32-20-/t25-,26+,28+,29+/m1/s1. The van der Waals surface area contributed by atoms with Gasteiger partial charge in [-0.2, -0.15) is 9.97 Å². The van der Waals surface area contributed by atoms with Crippen molar-refractivity contribution in [3.05, 3.63) is 78.4 Å². The Hall–Kier alpha value is -3.19. The van der Waals surface area contributed by atoms with Gasteiger partial charge in [0.1, 0.15) is 18.0 Å². The molecule has 1 aromatic heterocycles. The van der Waals surface area contributed by atoms with Crippen LogP contribution in [0.3, 0.4) is 0 Å². The molecule has 1 aliphatic heterocycles. The predicted molar refractivity (Wildman–Crippen MR) is 174 cm³/mol. The number of halogens is 1. The normalized spacial score (nSPS) is 19.0. The van der Waals surface area contributed by atoms with Gasteiger partial charge in [-0.05, 0) is 75.8 Å². The Morgan fingerprint density at radius 1 is 1.16 bits per heavy atom. The average molecular weight is 594 g/mol. The molecule has 6 nitrogen and oxygen atoms in total. The van der Waals surface area contributed by atoms with E-state index in [1.54, 1.807) is 24.3 Å². The fourth-order valence-electron chi connectivity index (χ4n) is 5.57. The number of ether oxygens (including phenoxy) is 3. The molecule has 1 aromatic carbocycles. The molecule has 7 heteroatoms. The summed E-state index contributed by atoms with van der Waals surface area (Å²) in [5.74, 6) is 2.10. The van der Waals surface area contributed by atoms with Crippen LogP contribution in [0.5, 0.6) is 11.8 Å². The molecule has 0 bridgehead atoms. The van der Waals surface area contributed by atoms with Crippen LogP contribution in [-0.2, 0) is 10.2 Å². The lowest BCUT2D eigenvalue weighted by atomic mass is 9.77. The maximum Gasteiger partial charge on any atom is 0.221 e. The smallest absolute Gasteiger partial charge is 0.221 e. The number of benzene rings is 1. The van der Waals surface area contributed by atoms with Crippen molar-refractivity contribution in [2.45, 2.75) is 104 Å². The van der Waals surface area contributed by atoms with Crippen molar-refractivity contribution in [1.82, 2.24) is 15.3 Å². The molecule has 4 atom stereocenters. The molecule has 0 spiro atoms. The molecule has 0 saturated carbocycles. The van der Waals surface area contributed by atoms with Gasteiger partial charge in [-0.3, -0.25) is 0 Å². The number of nitrogens with one attached hydrogen (secondary N) is 1. The van der Waals surface area contributed by atoms with Crippen molar-refractivity contribution in [2.75, 3.05) is 13.2 Å². The van der Waals surface area contributed by atoms with E-state index in [1.807, 2.05) is 32.9 Å². The molecule has 3 rings (SSSR count). The summed E-state index contributed by atoms with van der Waals surface area (Å²) in [7, 11) is 0. The summed E-state index contributed by atoms with van der Waals surface area (Å²) >= 11 is 0. The van der Waals surface area contributed by atoms with E-state index in [-0.39, 0.29) is 23.9 Å². The van der Waals surface area contributed by atoms with Gasteiger partial charge in [0.25, 0.3) is 0 Å². The van der Waals surface area contributed by atoms with Crippen LogP contribution < -0.4 is 14.8 Å². The van der Waals surface area contributed by atoms with Crippen LogP contribution in [0, 0.1) is 17.7 Å². The zero-order chi connectivity index (χ0) is 31.6. The van der Waals surface area contributed by atoms with Crippen molar-refractivity contribution in [3.63, 3.8) is 0 Å². The van der Waals surface area contributed by atoms with Gasteiger partial charge in [-0.15, -0.1) is 6.58 Å². The van der Waals surface area contributed by atoms with E-state index in [4.69, 9.17) is 24.2 Å². The summed E-state index contributed by atoms with van der Waals surface area (Å²) in [6, 6.07) is 8.89. The minimum Gasteiger partial charge on any atom is -0.490 e. The first-order valence-electron chi connectivity index (χ1n) is 15.9. The molecule has 1 N–H and O–H groups in total. The molecule has 2 heterocycles. The summed E-state index contributed by atoms with van der Waals surface area (Å²) in [6.45, 7) is 24.1. The topological polar surface area (TPSA) is 65.5 Å². The highest BCUT2D eigenvalue weighted by atomic mass is 19.1. The molecule has 0 radical (unpaired) electrons. The monoisotopic (exact) mass is 593 g/mol. The molecular formula is C36H52FN3O3. The lowest BCUT2D eigenvalue weighted by molar-refractivity contribution is 0.131. The minimum absolute atomic E-state index is 0.0227. The Bertz CT molecular complexity index is 1240. The first-order chi connectivity index (χ1) is 20.5. The van der Waals surface area contributed by atoms with Gasteiger partial charge in [-0.25, -0.2) is 4.39 Å². The lowest BCUT2D eigenvalue weighted by Crippen LogP contribution is -2.40. The van der Waals surface area contributed by atoms with Crippen molar-refractivity contribution in [2.24, 2.45) is 11.8 Å². The van der Waals surface area contributed by atoms with Gasteiger partial charge in [0.05, 0.1) is 12.7 Å². The van der Waals surface area contributed by atoms with E-state index in [9.17, 15) is 4.39 Å². The lowest BCUT2D eigenvalue weighted by Gasteiger charge is -2.29. The van der Waals surface area contributed by atoms with Crippen LogP contribution in [0.4, 0.5) is 4.39 Å². The molecule has 1 fully saturated rings. The number of hydrogen-bond donors (Lipinski definition) is 1. The van der Waals surface area contributed by atoms with Crippen LogP contribution in [0.25, 0.3) is 5.76 Å². The molecule has 236 valence electrons. The van der Waals surface area contributed by atoms with Crippen LogP contribution in [0.1, 0.15) is 92.0 Å². The zero-order valence-electron chi connectivity index (χ0n) is 27.3. The number of rotatable bonds is 16. The van der Waals surface area contributed by atoms with Crippen LogP contribution in [0.2, 0.25) is 0 Å². The fourth-order valence-corrected chi connectivity index (χ4v) is 5.57. The summed E-state index contributed by atoms with van der Waals surface area (Å²) < 4.78 is 33.7. The third-order valence-electron chi connectivity index (χ3n) is 8.69. The first kappa shape index (κ1) is 34.3. The van der Waals surface area contributed by atoms with E-state index >= 15 is 0 Å². The van der Waals surface area contributed by atoms with Gasteiger partial charge in [0, 0.05) is 17.4 Å². The molecule has 0 unspecified atom stereocenters. The Morgan fingerprint density at radius 3 is 2.49 bits per heavy atom. The highest BCUT2D eigenvalue weighted by molar-refractivity contribution is 5.60. The Labute approximate surface area is 258 Å². The van der Waals surface area contributed by atoms with Gasteiger partial charge < -0.3 is 19.5 Å². The number of piperidine rings is 1. The SMILES string of the molecule is C=C[C@@H](CC(CC)CC)[C@H](C)Oc1cc(O[C@H]2CCN[C@H](C)C2)nc(/C(=C/C(=C)C(C)(C)c2ccccc2F)OCC)n1. The van der Waals surface area contributed by atoms with Crippen LogP contribution in [0.15, 0.2) is 61.2 Å². The highest BCUT2D eigenvalue weighted by Gasteiger charge is 2.28. The van der Waals surface area contributed by atoms with Crippen LogP contribution in [-0.4, -0.2) is 41.4 Å². The number of nitrogens with zero attached hydrogens (tertiary/aromatic N) is 2. The Morgan fingerprint density at radius 2 is 1.86 bits per heavy atom. The zero-order valence-corrected chi connectivity index (χ0v) is 27.3. The van der Waals surface area contributed by atoms with Crippen LogP contribution >= 0.6 is 0 Å². The minimum atomic E-state index is -0.701. The first-order valence-corrected chi connectivity index (χ1v) is 15.9. The Balaban J connectivity index is 2.00. The van der Waals surface area contributed by atoms with Crippen molar-refractivity contribution < 1.29 is 18.6 Å². The molecule has 0 amide bonds. The third-order valence-corrected chi connectivity index (χ3v) is 8.69. The number of hydrogen-bond acceptors (Lipinski definition) is 6. The summed E-state index contributed by atoms with van der Waals surface area (Å²) in [5, 5.41) is 3.47. The average Bonchev–Trinajstić information content (AvgIpc) is 2.97. The van der Waals surface area contributed by atoms with Crippen molar-refractivity contribution in [1.29, 1.82) is 0 Å². The second-order valence-electron chi connectivity index (χ2n) is 12.2. The van der Waals surface area contributed by atoms with Gasteiger partial charge in [0.15, 0.2) is 5.76 Å². The van der Waals surface area contributed by atoms with E-state index in [1.165, 1.54) is 6.07 Å². The van der Waals surface area contributed by atoms with Gasteiger partial charge >= 0.3 is 0 Å². The quantitative estimate of drug-likeness (QED) is 0.120. The summed E-state index contributed by atoms with van der Waals surface area (Å²) in [4.78, 5) is 9.58. The highest BCUT2D eigenvalue weighted by Crippen LogP contribution is 2.35. The Kier molecular flexibility index (Phi) is 12.8. The van der Waals surface area contributed by atoms with E-state index in [2.05, 4.69) is 46.2 Å². The number of aromatic nitrogens is 2. The largest absolute Gasteiger partial charge is 0.490 e. The molecule has 1 saturated heterocycles. The second-order valence-corrected chi connectivity index (χ2v) is 12.2. The summed E-state index contributed by atoms with van der Waals surface area (Å²) in [5.41, 5.74) is 0.513. The molecule has 1 aliphatic rings. The third kappa shape index (κ3) is 9.40. The maximum absolute atomic E-state index is 14.8. The van der Waals surface area contributed by atoms with E-state index < -0.39 is 5.41 Å². The predicted octanol–water partition coefficient (Wildman–Crippen LogP) is 8.44. The molecule has 0 aliphatic carbocycles.